The molecule has 106 valence electrons. The molecule has 3 heteroatoms. The van der Waals surface area contributed by atoms with Gasteiger partial charge in [-0.2, -0.15) is 0 Å². The Balaban J connectivity index is 2.16. The van der Waals surface area contributed by atoms with E-state index in [0.717, 1.165) is 30.8 Å². The molecule has 1 aliphatic heterocycles. The van der Waals surface area contributed by atoms with Crippen molar-refractivity contribution >= 4 is 5.69 Å². The lowest BCUT2D eigenvalue weighted by molar-refractivity contribution is 0.263. The van der Waals surface area contributed by atoms with Crippen LogP contribution < -0.4 is 10.6 Å². The van der Waals surface area contributed by atoms with Gasteiger partial charge in [-0.1, -0.05) is 26.8 Å². The molecule has 0 aromatic heterocycles. The Morgan fingerprint density at radius 1 is 1.37 bits per heavy atom. The van der Waals surface area contributed by atoms with Crippen LogP contribution in [0.4, 0.5) is 10.1 Å². The number of halogens is 1. The first-order valence-electron chi connectivity index (χ1n) is 7.09. The topological polar surface area (TPSA) is 29.3 Å². The third-order valence-electron chi connectivity index (χ3n) is 4.25. The van der Waals surface area contributed by atoms with Gasteiger partial charge in [-0.3, -0.25) is 0 Å². The Kier molecular flexibility index (Phi) is 3.86. The fourth-order valence-corrected chi connectivity index (χ4v) is 2.75. The van der Waals surface area contributed by atoms with Gasteiger partial charge >= 0.3 is 0 Å². The highest BCUT2D eigenvalue weighted by Crippen LogP contribution is 2.36. The lowest BCUT2D eigenvalue weighted by atomic mass is 9.80. The first kappa shape index (κ1) is 14.3. The van der Waals surface area contributed by atoms with Gasteiger partial charge in [0.2, 0.25) is 0 Å². The van der Waals surface area contributed by atoms with Crippen LogP contribution >= 0.6 is 0 Å². The van der Waals surface area contributed by atoms with Crippen LogP contribution in [0.3, 0.4) is 0 Å². The monoisotopic (exact) mass is 264 g/mol. The van der Waals surface area contributed by atoms with Gasteiger partial charge in [0.05, 0.1) is 5.69 Å². The van der Waals surface area contributed by atoms with E-state index < -0.39 is 0 Å². The molecule has 1 saturated heterocycles. The maximum Gasteiger partial charge on any atom is 0.146 e. The van der Waals surface area contributed by atoms with Crippen LogP contribution in [0.2, 0.25) is 0 Å². The van der Waals surface area contributed by atoms with Gasteiger partial charge in [0, 0.05) is 19.1 Å². The summed E-state index contributed by atoms with van der Waals surface area (Å²) in [6.45, 7) is 10.5. The van der Waals surface area contributed by atoms with Crippen LogP contribution in [0.25, 0.3) is 0 Å². The summed E-state index contributed by atoms with van der Waals surface area (Å²) >= 11 is 0. The van der Waals surface area contributed by atoms with Crippen LogP contribution in [-0.4, -0.2) is 13.1 Å². The fraction of sp³-hybridized carbons (Fsp3) is 0.625. The molecule has 0 bridgehead atoms. The van der Waals surface area contributed by atoms with E-state index >= 15 is 0 Å². The van der Waals surface area contributed by atoms with Crippen LogP contribution in [0.15, 0.2) is 18.2 Å². The van der Waals surface area contributed by atoms with Crippen molar-refractivity contribution in [3.8, 4) is 0 Å². The molecule has 2 N–H and O–H groups in total. The lowest BCUT2D eigenvalue weighted by Gasteiger charge is -2.27. The summed E-state index contributed by atoms with van der Waals surface area (Å²) in [5.41, 5.74) is 7.65. The van der Waals surface area contributed by atoms with Gasteiger partial charge in [0.25, 0.3) is 0 Å². The third-order valence-corrected chi connectivity index (χ3v) is 4.25. The van der Waals surface area contributed by atoms with Gasteiger partial charge in [-0.25, -0.2) is 4.39 Å². The summed E-state index contributed by atoms with van der Waals surface area (Å²) in [4.78, 5) is 2.16. The molecular weight excluding hydrogens is 239 g/mol. The lowest BCUT2D eigenvalue weighted by Crippen LogP contribution is -2.26. The van der Waals surface area contributed by atoms with Crippen LogP contribution in [0, 0.1) is 17.2 Å². The number of nitrogens with zero attached hydrogens (tertiary/aromatic N) is 1. The van der Waals surface area contributed by atoms with Crippen molar-refractivity contribution in [2.75, 3.05) is 18.0 Å². The highest BCUT2D eigenvalue weighted by atomic mass is 19.1. The molecule has 1 fully saturated rings. The number of nitrogens with two attached hydrogens (primary N) is 1. The van der Waals surface area contributed by atoms with Crippen LogP contribution in [-0.2, 0) is 0 Å². The summed E-state index contributed by atoms with van der Waals surface area (Å²) < 4.78 is 14.2. The molecule has 0 amide bonds. The zero-order valence-electron chi connectivity index (χ0n) is 12.4. The molecule has 2 rings (SSSR count). The number of benzene rings is 1. The van der Waals surface area contributed by atoms with Crippen LogP contribution in [0.5, 0.6) is 0 Å². The Bertz CT molecular complexity index is 449. The number of hydrogen-bond donors (Lipinski definition) is 1. The predicted octanol–water partition coefficient (Wildman–Crippen LogP) is 3.72. The molecule has 1 aromatic rings. The van der Waals surface area contributed by atoms with E-state index in [1.807, 2.05) is 19.1 Å². The maximum atomic E-state index is 14.2. The zero-order valence-corrected chi connectivity index (χ0v) is 12.4. The Morgan fingerprint density at radius 2 is 2.05 bits per heavy atom. The third kappa shape index (κ3) is 3.08. The fourth-order valence-electron chi connectivity index (χ4n) is 2.75. The van der Waals surface area contributed by atoms with E-state index in [2.05, 4.69) is 25.7 Å². The first-order valence-corrected chi connectivity index (χ1v) is 7.09. The van der Waals surface area contributed by atoms with E-state index in [1.165, 1.54) is 0 Å². The molecule has 1 aliphatic rings. The average molecular weight is 264 g/mol. The van der Waals surface area contributed by atoms with Crippen molar-refractivity contribution in [2.24, 2.45) is 17.1 Å². The van der Waals surface area contributed by atoms with Crippen molar-refractivity contribution in [1.29, 1.82) is 0 Å². The summed E-state index contributed by atoms with van der Waals surface area (Å²) in [6.07, 6.45) is 1.14. The van der Waals surface area contributed by atoms with Gasteiger partial charge in [0.1, 0.15) is 5.82 Å². The molecule has 0 aliphatic carbocycles. The van der Waals surface area contributed by atoms with E-state index in [9.17, 15) is 4.39 Å². The van der Waals surface area contributed by atoms with Gasteiger partial charge < -0.3 is 10.6 Å². The second-order valence-electron chi connectivity index (χ2n) is 6.80. The molecular formula is C16H25FN2. The molecule has 1 aromatic carbocycles. The highest BCUT2D eigenvalue weighted by Gasteiger charge is 2.32. The molecule has 0 saturated carbocycles. The van der Waals surface area contributed by atoms with Gasteiger partial charge in [-0.15, -0.1) is 0 Å². The smallest absolute Gasteiger partial charge is 0.146 e. The van der Waals surface area contributed by atoms with E-state index in [1.54, 1.807) is 6.07 Å². The summed E-state index contributed by atoms with van der Waals surface area (Å²) in [6, 6.07) is 5.27. The molecule has 19 heavy (non-hydrogen) atoms. The molecule has 2 atom stereocenters. The number of rotatable bonds is 2. The van der Waals surface area contributed by atoms with Crippen LogP contribution in [0.1, 0.15) is 45.7 Å². The Labute approximate surface area is 115 Å². The molecule has 0 radical (unpaired) electrons. The highest BCUT2D eigenvalue weighted by molar-refractivity contribution is 5.50. The largest absolute Gasteiger partial charge is 0.369 e. The molecule has 0 spiro atoms. The average Bonchev–Trinajstić information content (AvgIpc) is 2.77. The Morgan fingerprint density at radius 3 is 2.53 bits per heavy atom. The SMILES string of the molecule is C[C@@H](N)c1ccc(N2CCC(C(C)(C)C)C2)c(F)c1. The van der Waals surface area contributed by atoms with Gasteiger partial charge in [-0.05, 0) is 42.4 Å². The first-order chi connectivity index (χ1) is 8.79. The van der Waals surface area contributed by atoms with Gasteiger partial charge in [0.15, 0.2) is 0 Å². The summed E-state index contributed by atoms with van der Waals surface area (Å²) in [5, 5.41) is 0. The van der Waals surface area contributed by atoms with Crippen molar-refractivity contribution in [1.82, 2.24) is 0 Å². The number of hydrogen-bond acceptors (Lipinski definition) is 2. The van der Waals surface area contributed by atoms with Crippen molar-refractivity contribution < 1.29 is 4.39 Å². The molecule has 1 heterocycles. The van der Waals surface area contributed by atoms with E-state index in [-0.39, 0.29) is 17.3 Å². The van der Waals surface area contributed by atoms with Crippen molar-refractivity contribution in [3.05, 3.63) is 29.6 Å². The molecule has 2 nitrogen and oxygen atoms in total. The standard InChI is InChI=1S/C16H25FN2/c1-11(18)12-5-6-15(14(17)9-12)19-8-7-13(10-19)16(2,3)4/h5-6,9,11,13H,7-8,10,18H2,1-4H3/t11-,13?/m1/s1. The maximum absolute atomic E-state index is 14.2. The summed E-state index contributed by atoms with van der Waals surface area (Å²) in [5.74, 6) is 0.476. The minimum atomic E-state index is -0.149. The minimum Gasteiger partial charge on any atom is -0.369 e. The Hall–Kier alpha value is -1.09. The van der Waals surface area contributed by atoms with Crippen molar-refractivity contribution in [2.45, 2.75) is 40.2 Å². The van der Waals surface area contributed by atoms with Crippen molar-refractivity contribution in [3.63, 3.8) is 0 Å². The second-order valence-corrected chi connectivity index (χ2v) is 6.80. The normalized spacial score (nSPS) is 21.8. The minimum absolute atomic E-state index is 0.121. The predicted molar refractivity (Wildman–Crippen MR) is 78.8 cm³/mol. The quantitative estimate of drug-likeness (QED) is 0.882. The summed E-state index contributed by atoms with van der Waals surface area (Å²) in [7, 11) is 0. The van der Waals surface area contributed by atoms with E-state index in [4.69, 9.17) is 5.73 Å². The van der Waals surface area contributed by atoms with E-state index in [0.29, 0.717) is 5.92 Å². The molecule has 1 unspecified atom stereocenters. The second kappa shape index (κ2) is 5.12. The zero-order chi connectivity index (χ0) is 14.2. The number of anilines is 1.